The van der Waals surface area contributed by atoms with Crippen molar-refractivity contribution in [3.8, 4) is 0 Å². The van der Waals surface area contributed by atoms with Crippen molar-refractivity contribution in [3.05, 3.63) is 0 Å². The fourth-order valence-electron chi connectivity index (χ4n) is 6.99. The molecule has 0 aromatic rings. The molecule has 8 unspecified atom stereocenters. The number of Topliss-reactive ketones (excluding diaryl/α,β-unsaturated/α-hetero) is 2. The van der Waals surface area contributed by atoms with E-state index in [2.05, 4.69) is 27.7 Å². The van der Waals surface area contributed by atoms with E-state index in [1.165, 1.54) is 0 Å². The molecule has 4 aliphatic rings. The molecule has 2 heterocycles. The monoisotopic (exact) mass is 504 g/mol. The molecule has 0 N–H and O–H groups in total. The summed E-state index contributed by atoms with van der Waals surface area (Å²) < 4.78 is 11.8. The predicted molar refractivity (Wildman–Crippen MR) is 138 cm³/mol. The third kappa shape index (κ3) is 5.55. The normalized spacial score (nSPS) is 37.2. The van der Waals surface area contributed by atoms with Crippen molar-refractivity contribution in [3.63, 3.8) is 0 Å². The third-order valence-corrected chi connectivity index (χ3v) is 9.40. The molecule has 2 aliphatic carbocycles. The van der Waals surface area contributed by atoms with Gasteiger partial charge < -0.3 is 19.1 Å². The van der Waals surface area contributed by atoms with Gasteiger partial charge in [-0.05, 0) is 34.5 Å². The first-order valence-corrected chi connectivity index (χ1v) is 13.6. The predicted octanol–water partition coefficient (Wildman–Crippen LogP) is 5.24. The molecule has 2 saturated heterocycles. The first-order valence-electron chi connectivity index (χ1n) is 13.6. The lowest BCUT2D eigenvalue weighted by Gasteiger charge is -2.25. The maximum atomic E-state index is 12.1. The van der Waals surface area contributed by atoms with Gasteiger partial charge in [0.25, 0.3) is 0 Å². The maximum absolute atomic E-state index is 12.1. The smallest absolute Gasteiger partial charge is 0.140 e. The SMILES string of the molecule is CC(C)(C)C(=O)CC1OC(CC=O)C2C1C2(C)C.CC(C)(C)C(=O)CC1OC(CC=O)C2C1C2(C)C. The summed E-state index contributed by atoms with van der Waals surface area (Å²) in [6.07, 6.45) is 3.86. The van der Waals surface area contributed by atoms with Gasteiger partial charge in [-0.25, -0.2) is 0 Å². The molecule has 2 saturated carbocycles. The van der Waals surface area contributed by atoms with Gasteiger partial charge in [0, 0.05) is 36.5 Å². The Hall–Kier alpha value is -1.40. The first-order chi connectivity index (χ1) is 16.4. The Labute approximate surface area is 217 Å². The molecular weight excluding hydrogens is 456 g/mol. The van der Waals surface area contributed by atoms with E-state index in [0.29, 0.717) is 49.4 Å². The number of rotatable bonds is 8. The van der Waals surface area contributed by atoms with Gasteiger partial charge in [-0.2, -0.15) is 0 Å². The van der Waals surface area contributed by atoms with Crippen molar-refractivity contribution < 1.29 is 28.7 Å². The van der Waals surface area contributed by atoms with Crippen molar-refractivity contribution in [2.24, 2.45) is 45.3 Å². The van der Waals surface area contributed by atoms with Gasteiger partial charge >= 0.3 is 0 Å². The third-order valence-electron chi connectivity index (χ3n) is 9.40. The Morgan fingerprint density at radius 1 is 0.611 bits per heavy atom. The van der Waals surface area contributed by atoms with Crippen molar-refractivity contribution in [1.29, 1.82) is 0 Å². The van der Waals surface area contributed by atoms with Crippen LogP contribution in [0.25, 0.3) is 0 Å². The highest BCUT2D eigenvalue weighted by atomic mass is 16.5. The molecule has 0 aromatic heterocycles. The molecular formula is C30H48O6. The second kappa shape index (κ2) is 9.72. The van der Waals surface area contributed by atoms with Crippen molar-refractivity contribution in [2.75, 3.05) is 0 Å². The molecule has 0 spiro atoms. The minimum Gasteiger partial charge on any atom is -0.373 e. The number of ether oxygens (including phenoxy) is 2. The lowest BCUT2D eigenvalue weighted by atomic mass is 9.86. The zero-order valence-corrected chi connectivity index (χ0v) is 24.1. The number of hydrogen-bond donors (Lipinski definition) is 0. The maximum Gasteiger partial charge on any atom is 0.140 e. The zero-order chi connectivity index (χ0) is 27.4. The summed E-state index contributed by atoms with van der Waals surface area (Å²) in [7, 11) is 0. The molecule has 0 amide bonds. The van der Waals surface area contributed by atoms with Gasteiger partial charge in [0.15, 0.2) is 0 Å². The number of carbonyl (C=O) groups excluding carboxylic acids is 4. The van der Waals surface area contributed by atoms with Crippen LogP contribution in [0.2, 0.25) is 0 Å². The van der Waals surface area contributed by atoms with E-state index in [1.807, 2.05) is 41.5 Å². The molecule has 4 rings (SSSR count). The number of hydrogen-bond acceptors (Lipinski definition) is 6. The van der Waals surface area contributed by atoms with E-state index >= 15 is 0 Å². The topological polar surface area (TPSA) is 86.7 Å². The molecule has 204 valence electrons. The molecule has 6 heteroatoms. The Bertz CT molecular complexity index is 801. The molecule has 6 nitrogen and oxygen atoms in total. The second-order valence-corrected chi connectivity index (χ2v) is 14.7. The minimum absolute atomic E-state index is 0.0154. The van der Waals surface area contributed by atoms with Crippen LogP contribution in [0.3, 0.4) is 0 Å². The van der Waals surface area contributed by atoms with Crippen LogP contribution in [0, 0.1) is 45.3 Å². The summed E-state index contributed by atoms with van der Waals surface area (Å²) in [5.74, 6) is 2.32. The molecule has 0 radical (unpaired) electrons. The van der Waals surface area contributed by atoms with Crippen LogP contribution in [-0.4, -0.2) is 48.6 Å². The molecule has 4 fully saturated rings. The average molecular weight is 505 g/mol. The van der Waals surface area contributed by atoms with E-state index in [9.17, 15) is 19.2 Å². The highest BCUT2D eigenvalue weighted by Gasteiger charge is 2.70. The van der Waals surface area contributed by atoms with Crippen LogP contribution >= 0.6 is 0 Å². The quantitative estimate of drug-likeness (QED) is 0.420. The van der Waals surface area contributed by atoms with Crippen LogP contribution < -0.4 is 0 Å². The lowest BCUT2D eigenvalue weighted by Crippen LogP contribution is -2.30. The van der Waals surface area contributed by atoms with Gasteiger partial charge in [-0.1, -0.05) is 69.2 Å². The van der Waals surface area contributed by atoms with Crippen LogP contribution in [0.4, 0.5) is 0 Å². The summed E-state index contributed by atoms with van der Waals surface area (Å²) in [5, 5.41) is 0. The van der Waals surface area contributed by atoms with Crippen LogP contribution in [-0.2, 0) is 28.7 Å². The largest absolute Gasteiger partial charge is 0.373 e. The summed E-state index contributed by atoms with van der Waals surface area (Å²) in [6.45, 7) is 20.6. The Morgan fingerprint density at radius 2 is 0.889 bits per heavy atom. The molecule has 0 aromatic carbocycles. The summed E-state index contributed by atoms with van der Waals surface area (Å²) in [6, 6.07) is 0. The second-order valence-electron chi connectivity index (χ2n) is 14.7. The van der Waals surface area contributed by atoms with Gasteiger partial charge in [-0.3, -0.25) is 9.59 Å². The fourth-order valence-corrected chi connectivity index (χ4v) is 6.99. The van der Waals surface area contributed by atoms with Crippen molar-refractivity contribution >= 4 is 24.1 Å². The van der Waals surface area contributed by atoms with E-state index in [-0.39, 0.29) is 57.6 Å². The Balaban J connectivity index is 0.000000201. The number of fused-ring (bicyclic) bond motifs is 2. The van der Waals surface area contributed by atoms with Gasteiger partial charge in [0.1, 0.15) is 24.1 Å². The lowest BCUT2D eigenvalue weighted by molar-refractivity contribution is -0.131. The van der Waals surface area contributed by atoms with Crippen molar-refractivity contribution in [1.82, 2.24) is 0 Å². The van der Waals surface area contributed by atoms with E-state index in [0.717, 1.165) is 12.6 Å². The summed E-state index contributed by atoms with van der Waals surface area (Å²) in [4.78, 5) is 45.6. The number of aldehydes is 2. The highest BCUT2D eigenvalue weighted by molar-refractivity contribution is 5.84. The molecule has 8 atom stereocenters. The summed E-state index contributed by atoms with van der Waals surface area (Å²) in [5.41, 5.74) is -0.148. The highest BCUT2D eigenvalue weighted by Crippen LogP contribution is 2.68. The van der Waals surface area contributed by atoms with Crippen LogP contribution in [0.15, 0.2) is 0 Å². The summed E-state index contributed by atoms with van der Waals surface area (Å²) >= 11 is 0. The van der Waals surface area contributed by atoms with Crippen LogP contribution in [0.1, 0.15) is 94.9 Å². The molecule has 0 bridgehead atoms. The van der Waals surface area contributed by atoms with Crippen LogP contribution in [0.5, 0.6) is 0 Å². The van der Waals surface area contributed by atoms with E-state index in [4.69, 9.17) is 9.47 Å². The van der Waals surface area contributed by atoms with Gasteiger partial charge in [0.05, 0.1) is 24.4 Å². The fraction of sp³-hybridized carbons (Fsp3) is 0.867. The Kier molecular flexibility index (Phi) is 7.88. The van der Waals surface area contributed by atoms with Gasteiger partial charge in [0.2, 0.25) is 0 Å². The number of carbonyl (C=O) groups is 4. The Morgan fingerprint density at radius 3 is 1.14 bits per heavy atom. The molecule has 36 heavy (non-hydrogen) atoms. The zero-order valence-electron chi connectivity index (χ0n) is 24.1. The standard InChI is InChI=1S/2C15H24O3/c2*1-14(2,3)11(17)8-10-13-12(15(13,4)5)9(18-10)6-7-16/h2*7,9-10,12-13H,6,8H2,1-5H3. The van der Waals surface area contributed by atoms with E-state index in [1.54, 1.807) is 0 Å². The average Bonchev–Trinajstić information content (AvgIpc) is 3.27. The number of ketones is 2. The first kappa shape index (κ1) is 29.2. The molecule has 2 aliphatic heterocycles. The van der Waals surface area contributed by atoms with Gasteiger partial charge in [-0.15, -0.1) is 0 Å². The minimum atomic E-state index is -0.305. The van der Waals surface area contributed by atoms with E-state index < -0.39 is 0 Å². The van der Waals surface area contributed by atoms with Crippen molar-refractivity contribution in [2.45, 2.75) is 119 Å².